The maximum atomic E-state index is 12.4. The Labute approximate surface area is 179 Å². The largest absolute Gasteiger partial charge is 0.441 e. The molecule has 1 saturated heterocycles. The number of oxazole rings is 1. The Morgan fingerprint density at radius 3 is 2.76 bits per heavy atom. The summed E-state index contributed by atoms with van der Waals surface area (Å²) in [6.45, 7) is 2.84. The molecule has 2 aromatic heterocycles. The first kappa shape index (κ1) is 20.1. The molecule has 1 unspecified atom stereocenters. The summed E-state index contributed by atoms with van der Waals surface area (Å²) in [5, 5.41) is 5.88. The molecule has 0 radical (unpaired) electrons. The molecule has 1 amide bonds. The number of carbonyl (C=O) groups is 1. The van der Waals surface area contributed by atoms with Crippen LogP contribution in [-0.4, -0.2) is 35.4 Å². The van der Waals surface area contributed by atoms with Crippen molar-refractivity contribution < 1.29 is 9.21 Å². The van der Waals surface area contributed by atoms with E-state index in [4.69, 9.17) is 16.0 Å². The lowest BCUT2D eigenvalue weighted by atomic mass is 10.2. The summed E-state index contributed by atoms with van der Waals surface area (Å²) in [5.74, 6) is 1.28. The highest BCUT2D eigenvalue weighted by Gasteiger charge is 2.24. The summed E-state index contributed by atoms with van der Waals surface area (Å²) in [6, 6.07) is 11.9. The molecule has 7 heteroatoms. The van der Waals surface area contributed by atoms with E-state index in [0.29, 0.717) is 36.1 Å². The van der Waals surface area contributed by atoms with Crippen molar-refractivity contribution in [2.24, 2.45) is 0 Å². The van der Waals surface area contributed by atoms with Crippen LogP contribution in [0.3, 0.4) is 0 Å². The molecule has 1 aromatic carbocycles. The Morgan fingerprint density at radius 1 is 1.24 bits per heavy atom. The molecule has 4 rings (SSSR count). The fraction of sp³-hybridized carbons (Fsp3) is 0.364. The molecule has 152 valence electrons. The number of benzene rings is 1. The van der Waals surface area contributed by atoms with Gasteiger partial charge in [-0.3, -0.25) is 9.69 Å². The van der Waals surface area contributed by atoms with E-state index in [1.54, 1.807) is 17.5 Å². The fourth-order valence-corrected chi connectivity index (χ4v) is 4.62. The second-order valence-corrected chi connectivity index (χ2v) is 8.62. The minimum absolute atomic E-state index is 0.0250. The second kappa shape index (κ2) is 9.57. The van der Waals surface area contributed by atoms with Crippen molar-refractivity contribution in [3.8, 4) is 11.3 Å². The van der Waals surface area contributed by atoms with Gasteiger partial charge in [-0.2, -0.15) is 0 Å². The molecule has 1 aliphatic rings. The maximum absolute atomic E-state index is 12.4. The Hall–Kier alpha value is -2.15. The monoisotopic (exact) mass is 429 g/mol. The van der Waals surface area contributed by atoms with E-state index in [0.717, 1.165) is 18.7 Å². The van der Waals surface area contributed by atoms with Gasteiger partial charge in [0.05, 0.1) is 12.2 Å². The van der Waals surface area contributed by atoms with Crippen molar-refractivity contribution in [2.45, 2.75) is 31.7 Å². The number of nitrogens with one attached hydrogen (secondary N) is 1. The lowest BCUT2D eigenvalue weighted by Crippen LogP contribution is -2.36. The number of amides is 1. The maximum Gasteiger partial charge on any atom is 0.220 e. The Kier molecular flexibility index (Phi) is 6.64. The van der Waals surface area contributed by atoms with Gasteiger partial charge in [0.1, 0.15) is 0 Å². The topological polar surface area (TPSA) is 58.4 Å². The van der Waals surface area contributed by atoms with Crippen LogP contribution in [-0.2, 0) is 11.2 Å². The zero-order valence-corrected chi connectivity index (χ0v) is 17.7. The number of thiophene rings is 1. The van der Waals surface area contributed by atoms with Gasteiger partial charge in [0, 0.05) is 34.8 Å². The summed E-state index contributed by atoms with van der Waals surface area (Å²) in [5.41, 5.74) is 0.919. The Bertz CT molecular complexity index is 918. The first-order valence-corrected chi connectivity index (χ1v) is 11.2. The zero-order chi connectivity index (χ0) is 20.1. The summed E-state index contributed by atoms with van der Waals surface area (Å²) < 4.78 is 5.78. The van der Waals surface area contributed by atoms with Crippen LogP contribution in [0, 0.1) is 0 Å². The van der Waals surface area contributed by atoms with E-state index >= 15 is 0 Å². The molecule has 0 aliphatic carbocycles. The Morgan fingerprint density at radius 2 is 2.03 bits per heavy atom. The average molecular weight is 430 g/mol. The number of likely N-dealkylation sites (tertiary alicyclic amines) is 1. The number of rotatable bonds is 8. The van der Waals surface area contributed by atoms with E-state index < -0.39 is 0 Å². The van der Waals surface area contributed by atoms with Crippen LogP contribution >= 0.6 is 22.9 Å². The lowest BCUT2D eigenvalue weighted by Gasteiger charge is -2.26. The highest BCUT2D eigenvalue weighted by molar-refractivity contribution is 7.10. The van der Waals surface area contributed by atoms with Gasteiger partial charge in [0.2, 0.25) is 5.91 Å². The molecule has 0 spiro atoms. The molecule has 1 fully saturated rings. The van der Waals surface area contributed by atoms with Gasteiger partial charge < -0.3 is 9.73 Å². The number of halogens is 1. The third-order valence-electron chi connectivity index (χ3n) is 5.19. The number of carbonyl (C=O) groups excluding carboxylic acids is 1. The van der Waals surface area contributed by atoms with Crippen molar-refractivity contribution in [3.05, 3.63) is 63.8 Å². The summed E-state index contributed by atoms with van der Waals surface area (Å²) in [7, 11) is 0. The van der Waals surface area contributed by atoms with Gasteiger partial charge in [0.25, 0.3) is 0 Å². The van der Waals surface area contributed by atoms with Crippen LogP contribution < -0.4 is 5.32 Å². The first-order chi connectivity index (χ1) is 14.2. The lowest BCUT2D eigenvalue weighted by molar-refractivity contribution is -0.121. The Balaban J connectivity index is 1.29. The minimum atomic E-state index is 0.0250. The molecule has 3 heterocycles. The summed E-state index contributed by atoms with van der Waals surface area (Å²) in [6.07, 6.45) is 4.99. The molecule has 5 nitrogen and oxygen atoms in total. The predicted molar refractivity (Wildman–Crippen MR) is 116 cm³/mol. The molecule has 0 saturated carbocycles. The average Bonchev–Trinajstić information content (AvgIpc) is 3.50. The number of hydrogen-bond acceptors (Lipinski definition) is 5. The third kappa shape index (κ3) is 5.26. The van der Waals surface area contributed by atoms with Crippen LogP contribution in [0.25, 0.3) is 11.3 Å². The zero-order valence-electron chi connectivity index (χ0n) is 16.1. The molecule has 1 atom stereocenters. The standard InChI is InChI=1S/C22H24ClN3O2S/c23-17-7-5-16(6-8-17)19-15-25-22(28-19)10-9-21(27)24-14-18(20-4-3-13-29-20)26-11-1-2-12-26/h3-8,13,15,18H,1-2,9-12,14H2,(H,24,27). The molecule has 1 N–H and O–H groups in total. The van der Waals surface area contributed by atoms with Crippen molar-refractivity contribution in [1.29, 1.82) is 0 Å². The van der Waals surface area contributed by atoms with Crippen LogP contribution in [0.1, 0.15) is 36.1 Å². The van der Waals surface area contributed by atoms with E-state index in [-0.39, 0.29) is 11.9 Å². The molecule has 0 bridgehead atoms. The number of aromatic nitrogens is 1. The number of nitrogens with zero attached hydrogens (tertiary/aromatic N) is 2. The van der Waals surface area contributed by atoms with Gasteiger partial charge >= 0.3 is 0 Å². The fourth-order valence-electron chi connectivity index (χ4n) is 3.64. The van der Waals surface area contributed by atoms with Crippen LogP contribution in [0.5, 0.6) is 0 Å². The van der Waals surface area contributed by atoms with Gasteiger partial charge in [-0.05, 0) is 61.6 Å². The van der Waals surface area contributed by atoms with Crippen molar-refractivity contribution in [2.75, 3.05) is 19.6 Å². The van der Waals surface area contributed by atoms with E-state index in [9.17, 15) is 4.79 Å². The highest BCUT2D eigenvalue weighted by Crippen LogP contribution is 2.28. The van der Waals surface area contributed by atoms with E-state index in [1.165, 1.54) is 17.7 Å². The number of aryl methyl sites for hydroxylation is 1. The van der Waals surface area contributed by atoms with E-state index in [2.05, 4.69) is 32.7 Å². The van der Waals surface area contributed by atoms with Gasteiger partial charge in [-0.15, -0.1) is 11.3 Å². The van der Waals surface area contributed by atoms with Gasteiger partial charge in [-0.1, -0.05) is 17.7 Å². The third-order valence-corrected chi connectivity index (χ3v) is 6.42. The smallest absolute Gasteiger partial charge is 0.220 e. The minimum Gasteiger partial charge on any atom is -0.441 e. The molecule has 29 heavy (non-hydrogen) atoms. The quantitative estimate of drug-likeness (QED) is 0.550. The van der Waals surface area contributed by atoms with Crippen LogP contribution in [0.4, 0.5) is 0 Å². The molecular formula is C22H24ClN3O2S. The summed E-state index contributed by atoms with van der Waals surface area (Å²) in [4.78, 5) is 20.5. The SMILES string of the molecule is O=C(CCc1ncc(-c2ccc(Cl)cc2)o1)NCC(c1cccs1)N1CCCC1. The van der Waals surface area contributed by atoms with E-state index in [1.807, 2.05) is 24.3 Å². The van der Waals surface area contributed by atoms with Gasteiger partial charge in [0.15, 0.2) is 11.7 Å². The highest BCUT2D eigenvalue weighted by atomic mass is 35.5. The molecular weight excluding hydrogens is 406 g/mol. The van der Waals surface area contributed by atoms with Crippen LogP contribution in [0.15, 0.2) is 52.4 Å². The molecule has 1 aliphatic heterocycles. The first-order valence-electron chi connectivity index (χ1n) is 9.94. The second-order valence-electron chi connectivity index (χ2n) is 7.20. The predicted octanol–water partition coefficient (Wildman–Crippen LogP) is 4.94. The van der Waals surface area contributed by atoms with Crippen molar-refractivity contribution in [3.63, 3.8) is 0 Å². The van der Waals surface area contributed by atoms with Gasteiger partial charge in [-0.25, -0.2) is 4.98 Å². The number of hydrogen-bond donors (Lipinski definition) is 1. The van der Waals surface area contributed by atoms with Crippen LogP contribution in [0.2, 0.25) is 5.02 Å². The normalized spacial score (nSPS) is 15.5. The van der Waals surface area contributed by atoms with Crippen molar-refractivity contribution in [1.82, 2.24) is 15.2 Å². The molecule has 3 aromatic rings. The summed E-state index contributed by atoms with van der Waals surface area (Å²) >= 11 is 7.68. The van der Waals surface area contributed by atoms with Crippen molar-refractivity contribution >= 4 is 28.8 Å².